The second-order valence-electron chi connectivity index (χ2n) is 3.79. The zero-order valence-electron chi connectivity index (χ0n) is 9.46. The molecule has 0 saturated heterocycles. The van der Waals surface area contributed by atoms with Crippen LogP contribution in [0, 0.1) is 0 Å². The zero-order valence-corrected chi connectivity index (χ0v) is 11.2. The van der Waals surface area contributed by atoms with E-state index in [0.29, 0.717) is 12.1 Å². The van der Waals surface area contributed by atoms with Crippen molar-refractivity contribution in [2.24, 2.45) is 0 Å². The van der Waals surface area contributed by atoms with E-state index >= 15 is 0 Å². The first kappa shape index (κ1) is 12.2. The fraction of sp³-hybridized carbons (Fsp3) is 0.154. The molecule has 1 heterocycles. The van der Waals surface area contributed by atoms with E-state index in [0.717, 1.165) is 4.90 Å². The molecule has 17 heavy (non-hydrogen) atoms. The summed E-state index contributed by atoms with van der Waals surface area (Å²) in [5, 5.41) is 2.02. The van der Waals surface area contributed by atoms with E-state index in [1.807, 2.05) is 36.7 Å². The van der Waals surface area contributed by atoms with Gasteiger partial charge in [0.1, 0.15) is 0 Å². The number of carbonyl (C=O) groups excluding carboxylic acids is 1. The largest absolute Gasteiger partial charge is 0.337 e. The van der Waals surface area contributed by atoms with Gasteiger partial charge in [-0.05, 0) is 35.7 Å². The number of rotatable bonds is 3. The van der Waals surface area contributed by atoms with E-state index in [-0.39, 0.29) is 5.91 Å². The van der Waals surface area contributed by atoms with Crippen LogP contribution in [0.1, 0.15) is 15.2 Å². The lowest BCUT2D eigenvalue weighted by Crippen LogP contribution is -2.25. The average Bonchev–Trinajstić information content (AvgIpc) is 2.82. The molecule has 0 saturated carbocycles. The Bertz CT molecular complexity index is 491. The summed E-state index contributed by atoms with van der Waals surface area (Å²) in [6.07, 6.45) is 0. The van der Waals surface area contributed by atoms with Gasteiger partial charge in [0.2, 0.25) is 0 Å². The van der Waals surface area contributed by atoms with Gasteiger partial charge in [-0.2, -0.15) is 0 Å². The summed E-state index contributed by atoms with van der Waals surface area (Å²) in [6.45, 7) is 0.652. The number of benzene rings is 1. The third-order valence-corrected chi connectivity index (χ3v) is 3.59. The summed E-state index contributed by atoms with van der Waals surface area (Å²) in [4.78, 5) is 15.9. The second kappa shape index (κ2) is 5.38. The molecule has 1 amide bonds. The van der Waals surface area contributed by atoms with Crippen molar-refractivity contribution < 1.29 is 4.79 Å². The van der Waals surface area contributed by atoms with Crippen LogP contribution in [-0.4, -0.2) is 17.9 Å². The predicted octanol–water partition coefficient (Wildman–Crippen LogP) is 3.31. The molecule has 0 aliphatic heterocycles. The van der Waals surface area contributed by atoms with Crippen LogP contribution in [0.2, 0.25) is 0 Å². The SMILES string of the molecule is CN(Cc1cccs1)C(=O)c1ccc(S)cc1. The molecule has 0 radical (unpaired) electrons. The first-order chi connectivity index (χ1) is 8.16. The van der Waals surface area contributed by atoms with Crippen molar-refractivity contribution in [2.45, 2.75) is 11.4 Å². The van der Waals surface area contributed by atoms with Gasteiger partial charge >= 0.3 is 0 Å². The van der Waals surface area contributed by atoms with Gasteiger partial charge in [-0.3, -0.25) is 4.79 Å². The molecular weight excluding hydrogens is 250 g/mol. The van der Waals surface area contributed by atoms with Crippen LogP contribution in [0.3, 0.4) is 0 Å². The highest BCUT2D eigenvalue weighted by Crippen LogP contribution is 2.14. The number of hydrogen-bond acceptors (Lipinski definition) is 3. The molecule has 0 spiro atoms. The highest BCUT2D eigenvalue weighted by atomic mass is 32.1. The first-order valence-corrected chi connectivity index (χ1v) is 6.56. The summed E-state index contributed by atoms with van der Waals surface area (Å²) in [5.74, 6) is 0.0340. The number of amides is 1. The highest BCUT2D eigenvalue weighted by molar-refractivity contribution is 7.80. The second-order valence-corrected chi connectivity index (χ2v) is 5.34. The molecule has 2 aromatic rings. The number of thiol groups is 1. The molecule has 88 valence electrons. The van der Waals surface area contributed by atoms with Crippen LogP contribution in [0.5, 0.6) is 0 Å². The van der Waals surface area contributed by atoms with Gasteiger partial charge in [0.15, 0.2) is 0 Å². The maximum absolute atomic E-state index is 12.1. The minimum atomic E-state index is 0.0340. The average molecular weight is 263 g/mol. The summed E-state index contributed by atoms with van der Waals surface area (Å²) >= 11 is 5.86. The molecule has 0 atom stereocenters. The number of nitrogens with zero attached hydrogens (tertiary/aromatic N) is 1. The van der Waals surface area contributed by atoms with Crippen molar-refractivity contribution in [3.63, 3.8) is 0 Å². The molecule has 0 unspecified atom stereocenters. The Morgan fingerprint density at radius 1 is 1.29 bits per heavy atom. The molecule has 2 nitrogen and oxygen atoms in total. The Labute approximate surface area is 110 Å². The lowest BCUT2D eigenvalue weighted by Gasteiger charge is -2.16. The number of hydrogen-bond donors (Lipinski definition) is 1. The van der Waals surface area contributed by atoms with Crippen LogP contribution in [-0.2, 0) is 6.54 Å². The third kappa shape index (κ3) is 3.11. The quantitative estimate of drug-likeness (QED) is 0.842. The molecular formula is C13H13NOS2. The maximum Gasteiger partial charge on any atom is 0.253 e. The van der Waals surface area contributed by atoms with Crippen molar-refractivity contribution >= 4 is 29.9 Å². The minimum Gasteiger partial charge on any atom is -0.337 e. The predicted molar refractivity (Wildman–Crippen MR) is 73.8 cm³/mol. The van der Waals surface area contributed by atoms with Gasteiger partial charge in [0.05, 0.1) is 6.54 Å². The smallest absolute Gasteiger partial charge is 0.253 e. The van der Waals surface area contributed by atoms with Gasteiger partial charge in [0, 0.05) is 22.4 Å². The molecule has 0 fully saturated rings. The molecule has 1 aromatic carbocycles. The number of carbonyl (C=O) groups is 1. The van der Waals surface area contributed by atoms with Crippen LogP contribution in [0.4, 0.5) is 0 Å². The van der Waals surface area contributed by atoms with Crippen molar-refractivity contribution in [3.8, 4) is 0 Å². The Kier molecular flexibility index (Phi) is 3.86. The number of thiophene rings is 1. The molecule has 0 aliphatic rings. The Morgan fingerprint density at radius 2 is 2.00 bits per heavy atom. The zero-order chi connectivity index (χ0) is 12.3. The normalized spacial score (nSPS) is 10.2. The van der Waals surface area contributed by atoms with Gasteiger partial charge in [-0.15, -0.1) is 24.0 Å². The molecule has 0 aliphatic carbocycles. The standard InChI is InChI=1S/C13H13NOS2/c1-14(9-12-3-2-8-17-12)13(15)10-4-6-11(16)7-5-10/h2-8,16H,9H2,1H3. The summed E-state index contributed by atoms with van der Waals surface area (Å²) in [6, 6.07) is 11.3. The molecule has 0 N–H and O–H groups in total. The first-order valence-electron chi connectivity index (χ1n) is 5.23. The van der Waals surface area contributed by atoms with Gasteiger partial charge < -0.3 is 4.90 Å². The van der Waals surface area contributed by atoms with E-state index in [1.165, 1.54) is 4.88 Å². The van der Waals surface area contributed by atoms with Gasteiger partial charge in [0.25, 0.3) is 5.91 Å². The van der Waals surface area contributed by atoms with Crippen molar-refractivity contribution in [2.75, 3.05) is 7.05 Å². The third-order valence-electron chi connectivity index (χ3n) is 2.43. The van der Waals surface area contributed by atoms with Crippen LogP contribution in [0.25, 0.3) is 0 Å². The van der Waals surface area contributed by atoms with Gasteiger partial charge in [-0.1, -0.05) is 6.07 Å². The Morgan fingerprint density at radius 3 is 2.59 bits per heavy atom. The summed E-state index contributed by atoms with van der Waals surface area (Å²) in [5.41, 5.74) is 0.696. The van der Waals surface area contributed by atoms with Crippen molar-refractivity contribution in [3.05, 3.63) is 52.2 Å². The van der Waals surface area contributed by atoms with E-state index < -0.39 is 0 Å². The van der Waals surface area contributed by atoms with Gasteiger partial charge in [-0.25, -0.2) is 0 Å². The van der Waals surface area contributed by atoms with E-state index in [4.69, 9.17) is 0 Å². The monoisotopic (exact) mass is 263 g/mol. The molecule has 0 bridgehead atoms. The molecule has 4 heteroatoms. The van der Waals surface area contributed by atoms with Crippen LogP contribution in [0.15, 0.2) is 46.7 Å². The van der Waals surface area contributed by atoms with Crippen molar-refractivity contribution in [1.29, 1.82) is 0 Å². The minimum absolute atomic E-state index is 0.0340. The lowest BCUT2D eigenvalue weighted by molar-refractivity contribution is 0.0786. The maximum atomic E-state index is 12.1. The molecule has 1 aromatic heterocycles. The topological polar surface area (TPSA) is 20.3 Å². The van der Waals surface area contributed by atoms with E-state index in [1.54, 1.807) is 28.4 Å². The highest BCUT2D eigenvalue weighted by Gasteiger charge is 2.11. The van der Waals surface area contributed by atoms with Crippen molar-refractivity contribution in [1.82, 2.24) is 4.90 Å². The molecule has 2 rings (SSSR count). The summed E-state index contributed by atoms with van der Waals surface area (Å²) in [7, 11) is 1.82. The summed E-state index contributed by atoms with van der Waals surface area (Å²) < 4.78 is 0. The lowest BCUT2D eigenvalue weighted by atomic mass is 10.2. The van der Waals surface area contributed by atoms with Crippen LogP contribution < -0.4 is 0 Å². The Balaban J connectivity index is 2.07. The Hall–Kier alpha value is -1.26. The fourth-order valence-corrected chi connectivity index (χ4v) is 2.44. The van der Waals surface area contributed by atoms with E-state index in [9.17, 15) is 4.79 Å². The van der Waals surface area contributed by atoms with E-state index in [2.05, 4.69) is 12.6 Å². The fourth-order valence-electron chi connectivity index (χ4n) is 1.53. The van der Waals surface area contributed by atoms with Crippen LogP contribution >= 0.6 is 24.0 Å².